The number of rotatable bonds is 4. The molecular formula is C21H23N5O2S. The van der Waals surface area contributed by atoms with E-state index in [2.05, 4.69) is 26.7 Å². The van der Waals surface area contributed by atoms with Crippen LogP contribution in [-0.4, -0.2) is 57.1 Å². The molecule has 0 N–H and O–H groups in total. The number of methoxy groups -OCH3 is 1. The Balaban J connectivity index is 1.33. The van der Waals surface area contributed by atoms with E-state index in [4.69, 9.17) is 4.74 Å². The van der Waals surface area contributed by atoms with Crippen LogP contribution in [0.2, 0.25) is 0 Å². The van der Waals surface area contributed by atoms with E-state index in [1.165, 1.54) is 0 Å². The second kappa shape index (κ2) is 7.68. The average Bonchev–Trinajstić information content (AvgIpc) is 3.52. The van der Waals surface area contributed by atoms with E-state index in [9.17, 15) is 4.79 Å². The molecule has 4 atom stereocenters. The number of carbonyl (C=O) groups is 1. The van der Waals surface area contributed by atoms with Gasteiger partial charge < -0.3 is 9.64 Å². The molecule has 0 spiro atoms. The second-order valence-corrected chi connectivity index (χ2v) is 8.65. The Labute approximate surface area is 173 Å². The Morgan fingerprint density at radius 3 is 2.69 bits per heavy atom. The molecule has 5 rings (SSSR count). The molecule has 1 amide bonds. The van der Waals surface area contributed by atoms with Crippen molar-refractivity contribution in [3.8, 4) is 11.3 Å². The molecule has 2 fully saturated rings. The van der Waals surface area contributed by atoms with Crippen molar-refractivity contribution in [1.82, 2.24) is 24.9 Å². The van der Waals surface area contributed by atoms with Crippen LogP contribution in [0.3, 0.4) is 0 Å². The summed E-state index contributed by atoms with van der Waals surface area (Å²) in [7, 11) is 1.77. The highest BCUT2D eigenvalue weighted by molar-refractivity contribution is 7.08. The molecule has 0 unspecified atom stereocenters. The molecule has 3 aromatic rings. The number of likely N-dealkylation sites (tertiary alicyclic amines) is 1. The minimum absolute atomic E-state index is 0.0734. The number of aromatic nitrogens is 4. The predicted octanol–water partition coefficient (Wildman–Crippen LogP) is 3.14. The monoisotopic (exact) mass is 409 g/mol. The number of carbonyl (C=O) groups excluding carboxylic acids is 1. The third-order valence-corrected chi connectivity index (χ3v) is 6.95. The van der Waals surface area contributed by atoms with Gasteiger partial charge in [-0.3, -0.25) is 9.78 Å². The Morgan fingerprint density at radius 2 is 1.97 bits per heavy atom. The lowest BCUT2D eigenvalue weighted by Crippen LogP contribution is -2.37. The number of hydrogen-bond donors (Lipinski definition) is 0. The van der Waals surface area contributed by atoms with Crippen LogP contribution < -0.4 is 0 Å². The van der Waals surface area contributed by atoms with Crippen molar-refractivity contribution in [1.29, 1.82) is 0 Å². The lowest BCUT2D eigenvalue weighted by molar-refractivity contribution is -0.00545. The fourth-order valence-electron chi connectivity index (χ4n) is 4.75. The van der Waals surface area contributed by atoms with E-state index in [-0.39, 0.29) is 18.1 Å². The molecule has 150 valence electrons. The zero-order valence-corrected chi connectivity index (χ0v) is 17.0. The molecule has 1 saturated heterocycles. The Kier molecular flexibility index (Phi) is 4.89. The van der Waals surface area contributed by atoms with Crippen LogP contribution in [0.4, 0.5) is 0 Å². The molecule has 2 aliphatic rings. The highest BCUT2D eigenvalue weighted by atomic mass is 32.1. The van der Waals surface area contributed by atoms with Gasteiger partial charge in [-0.15, -0.1) is 5.10 Å². The summed E-state index contributed by atoms with van der Waals surface area (Å²) in [5.74, 6) is 1.00. The van der Waals surface area contributed by atoms with Crippen molar-refractivity contribution in [3.05, 3.63) is 53.1 Å². The zero-order chi connectivity index (χ0) is 19.8. The number of amides is 1. The van der Waals surface area contributed by atoms with Crippen molar-refractivity contribution in [2.24, 2.45) is 11.8 Å². The third-order valence-electron chi connectivity index (χ3n) is 6.27. The first kappa shape index (κ1) is 18.4. The van der Waals surface area contributed by atoms with Crippen molar-refractivity contribution in [2.45, 2.75) is 25.0 Å². The molecule has 0 aromatic carbocycles. The molecule has 1 aliphatic carbocycles. The van der Waals surface area contributed by atoms with Gasteiger partial charge in [-0.2, -0.15) is 11.3 Å². The van der Waals surface area contributed by atoms with Gasteiger partial charge in [0.15, 0.2) is 0 Å². The van der Waals surface area contributed by atoms with Crippen LogP contribution in [-0.2, 0) is 4.74 Å². The summed E-state index contributed by atoms with van der Waals surface area (Å²) in [5, 5.41) is 12.9. The molecule has 4 heterocycles. The number of ether oxygens (including phenoxy) is 1. The smallest absolute Gasteiger partial charge is 0.253 e. The lowest BCUT2D eigenvalue weighted by atomic mass is 9.77. The van der Waals surface area contributed by atoms with E-state index in [1.54, 1.807) is 43.0 Å². The van der Waals surface area contributed by atoms with Crippen LogP contribution in [0.15, 0.2) is 47.5 Å². The Bertz CT molecular complexity index is 974. The molecule has 1 saturated carbocycles. The van der Waals surface area contributed by atoms with Gasteiger partial charge >= 0.3 is 0 Å². The summed E-state index contributed by atoms with van der Waals surface area (Å²) in [4.78, 5) is 18.9. The first-order valence-electron chi connectivity index (χ1n) is 9.89. The molecule has 29 heavy (non-hydrogen) atoms. The van der Waals surface area contributed by atoms with Crippen molar-refractivity contribution in [2.75, 3.05) is 20.2 Å². The topological polar surface area (TPSA) is 73.1 Å². The maximum atomic E-state index is 12.9. The maximum Gasteiger partial charge on any atom is 0.253 e. The van der Waals surface area contributed by atoms with Crippen LogP contribution in [0.25, 0.3) is 11.3 Å². The van der Waals surface area contributed by atoms with Gasteiger partial charge in [0.05, 0.1) is 18.3 Å². The van der Waals surface area contributed by atoms with Gasteiger partial charge in [0.1, 0.15) is 5.69 Å². The first-order valence-corrected chi connectivity index (χ1v) is 10.8. The van der Waals surface area contributed by atoms with Gasteiger partial charge in [0, 0.05) is 49.1 Å². The number of pyridine rings is 1. The highest BCUT2D eigenvalue weighted by Crippen LogP contribution is 2.42. The van der Waals surface area contributed by atoms with Crippen LogP contribution in [0.1, 0.15) is 29.2 Å². The summed E-state index contributed by atoms with van der Waals surface area (Å²) < 4.78 is 7.81. The van der Waals surface area contributed by atoms with Crippen molar-refractivity contribution < 1.29 is 9.53 Å². The van der Waals surface area contributed by atoms with Gasteiger partial charge in [0.2, 0.25) is 0 Å². The number of thiophene rings is 1. The molecule has 8 heteroatoms. The minimum atomic E-state index is 0.0734. The van der Waals surface area contributed by atoms with Crippen molar-refractivity contribution >= 4 is 17.2 Å². The Morgan fingerprint density at radius 1 is 1.17 bits per heavy atom. The fraction of sp³-hybridized carbons (Fsp3) is 0.429. The van der Waals surface area contributed by atoms with E-state index < -0.39 is 0 Å². The van der Waals surface area contributed by atoms with E-state index in [1.807, 2.05) is 21.2 Å². The first-order chi connectivity index (χ1) is 14.2. The van der Waals surface area contributed by atoms with Gasteiger partial charge in [-0.05, 0) is 48.3 Å². The van der Waals surface area contributed by atoms with Gasteiger partial charge in [-0.1, -0.05) is 5.21 Å². The second-order valence-electron chi connectivity index (χ2n) is 7.87. The fourth-order valence-corrected chi connectivity index (χ4v) is 5.40. The summed E-state index contributed by atoms with van der Waals surface area (Å²) in [6, 6.07) is 5.76. The molecular weight excluding hydrogens is 386 g/mol. The molecule has 1 aliphatic heterocycles. The van der Waals surface area contributed by atoms with Crippen LogP contribution >= 0.6 is 11.3 Å². The van der Waals surface area contributed by atoms with Crippen LogP contribution in [0.5, 0.6) is 0 Å². The average molecular weight is 410 g/mol. The molecule has 0 bridgehead atoms. The van der Waals surface area contributed by atoms with E-state index in [0.717, 1.165) is 37.2 Å². The van der Waals surface area contributed by atoms with Crippen molar-refractivity contribution in [3.63, 3.8) is 0 Å². The number of fused-ring (bicyclic) bond motifs is 1. The predicted molar refractivity (Wildman–Crippen MR) is 110 cm³/mol. The zero-order valence-electron chi connectivity index (χ0n) is 16.2. The summed E-state index contributed by atoms with van der Waals surface area (Å²) >= 11 is 1.65. The number of nitrogens with zero attached hydrogens (tertiary/aromatic N) is 5. The van der Waals surface area contributed by atoms with E-state index >= 15 is 0 Å². The highest BCUT2D eigenvalue weighted by Gasteiger charge is 2.44. The summed E-state index contributed by atoms with van der Waals surface area (Å²) in [5.41, 5.74) is 2.69. The lowest BCUT2D eigenvalue weighted by Gasteiger charge is -2.36. The third kappa shape index (κ3) is 3.47. The molecule has 7 nitrogen and oxygen atoms in total. The van der Waals surface area contributed by atoms with Gasteiger partial charge in [0.25, 0.3) is 5.91 Å². The molecule has 0 radical (unpaired) electrons. The standard InChI is InChI=1S/C21H23N5O2S/c1-28-20-9-17-11-25(21(27)14-2-5-22-6-3-14)10-16(17)8-19(20)26-12-18(23-24-26)15-4-7-29-13-15/h2-7,12-13,16-17,19-20H,8-11H2,1H3/t16-,17+,19-,20-/m1/s1. The summed E-state index contributed by atoms with van der Waals surface area (Å²) in [6.45, 7) is 1.57. The molecule has 3 aromatic heterocycles. The van der Waals surface area contributed by atoms with Crippen LogP contribution in [0, 0.1) is 11.8 Å². The van der Waals surface area contributed by atoms with Gasteiger partial charge in [-0.25, -0.2) is 4.68 Å². The maximum absolute atomic E-state index is 12.9. The van der Waals surface area contributed by atoms with E-state index in [0.29, 0.717) is 17.4 Å². The Hall–Kier alpha value is -2.58. The number of hydrogen-bond acceptors (Lipinski definition) is 6. The largest absolute Gasteiger partial charge is 0.379 e. The SMILES string of the molecule is CO[C@@H]1C[C@H]2CN(C(=O)c3ccncc3)C[C@H]2C[C@H]1n1cc(-c2ccsc2)nn1. The minimum Gasteiger partial charge on any atom is -0.379 e. The summed E-state index contributed by atoms with van der Waals surface area (Å²) in [6.07, 6.45) is 7.31. The quantitative estimate of drug-likeness (QED) is 0.662. The normalized spacial score (nSPS) is 26.4.